The average molecular weight is 240 g/mol. The van der Waals surface area contributed by atoms with E-state index < -0.39 is 0 Å². The summed E-state index contributed by atoms with van der Waals surface area (Å²) >= 11 is 3.42. The van der Waals surface area contributed by atoms with Crippen molar-refractivity contribution in [2.24, 2.45) is 0 Å². The molecule has 0 N–H and O–H groups in total. The number of aromatic nitrogens is 1. The lowest BCUT2D eigenvalue weighted by molar-refractivity contribution is 0.638. The minimum atomic E-state index is -0.219. The van der Waals surface area contributed by atoms with Gasteiger partial charge in [-0.3, -0.25) is 4.98 Å². The molecule has 0 aliphatic carbocycles. The van der Waals surface area contributed by atoms with E-state index in [0.29, 0.717) is 5.39 Å². The molecule has 0 saturated carbocycles. The quantitative estimate of drug-likeness (QED) is 0.687. The molecule has 13 heavy (non-hydrogen) atoms. The summed E-state index contributed by atoms with van der Waals surface area (Å²) in [5.41, 5.74) is 0.899. The van der Waals surface area contributed by atoms with E-state index in [1.807, 2.05) is 6.92 Å². The van der Waals surface area contributed by atoms with Crippen LogP contribution >= 0.6 is 15.9 Å². The van der Waals surface area contributed by atoms with Gasteiger partial charge in [-0.1, -0.05) is 0 Å². The Balaban J connectivity index is 2.97. The van der Waals surface area contributed by atoms with E-state index in [9.17, 15) is 4.39 Å². The Morgan fingerprint density at radius 1 is 1.38 bits per heavy atom. The van der Waals surface area contributed by atoms with Crippen LogP contribution in [0.3, 0.4) is 0 Å². The van der Waals surface area contributed by atoms with Gasteiger partial charge in [0.2, 0.25) is 0 Å². The zero-order valence-corrected chi connectivity index (χ0v) is 8.60. The highest BCUT2D eigenvalue weighted by Gasteiger charge is 2.06. The second-order valence-corrected chi connectivity index (χ2v) is 3.70. The van der Waals surface area contributed by atoms with E-state index in [0.717, 1.165) is 15.4 Å². The van der Waals surface area contributed by atoms with Crippen molar-refractivity contribution < 1.29 is 4.39 Å². The SMILES string of the molecule is Cc1cc(F)c2cnccc2c1Br. The van der Waals surface area contributed by atoms with Gasteiger partial charge in [0.15, 0.2) is 0 Å². The van der Waals surface area contributed by atoms with E-state index in [2.05, 4.69) is 20.9 Å². The Kier molecular flexibility index (Phi) is 2.04. The van der Waals surface area contributed by atoms with Crippen molar-refractivity contribution in [2.45, 2.75) is 6.92 Å². The fraction of sp³-hybridized carbons (Fsp3) is 0.100. The molecule has 0 unspecified atom stereocenters. The van der Waals surface area contributed by atoms with Gasteiger partial charge in [0.25, 0.3) is 0 Å². The monoisotopic (exact) mass is 239 g/mol. The first-order valence-corrected chi connectivity index (χ1v) is 4.68. The van der Waals surface area contributed by atoms with E-state index in [1.54, 1.807) is 12.3 Å². The molecule has 1 nitrogen and oxygen atoms in total. The lowest BCUT2D eigenvalue weighted by Crippen LogP contribution is -1.86. The molecule has 1 aromatic heterocycles. The minimum Gasteiger partial charge on any atom is -0.264 e. The van der Waals surface area contributed by atoms with Crippen LogP contribution < -0.4 is 0 Å². The summed E-state index contributed by atoms with van der Waals surface area (Å²) in [6, 6.07) is 3.31. The average Bonchev–Trinajstić information content (AvgIpc) is 2.15. The molecule has 1 aromatic carbocycles. The van der Waals surface area contributed by atoms with E-state index >= 15 is 0 Å². The van der Waals surface area contributed by atoms with Crippen molar-refractivity contribution >= 4 is 26.7 Å². The van der Waals surface area contributed by atoms with Gasteiger partial charge in [-0.05, 0) is 40.5 Å². The summed E-state index contributed by atoms with van der Waals surface area (Å²) < 4.78 is 14.3. The zero-order valence-electron chi connectivity index (χ0n) is 7.01. The number of hydrogen-bond donors (Lipinski definition) is 0. The molecular formula is C10H7BrFN. The van der Waals surface area contributed by atoms with Crippen molar-refractivity contribution in [1.82, 2.24) is 4.98 Å². The molecular weight excluding hydrogens is 233 g/mol. The third kappa shape index (κ3) is 1.33. The molecule has 2 rings (SSSR count). The van der Waals surface area contributed by atoms with Crippen molar-refractivity contribution in [3.8, 4) is 0 Å². The van der Waals surface area contributed by atoms with Gasteiger partial charge < -0.3 is 0 Å². The highest BCUT2D eigenvalue weighted by molar-refractivity contribution is 9.10. The van der Waals surface area contributed by atoms with Gasteiger partial charge >= 0.3 is 0 Å². The Hall–Kier alpha value is -0.960. The highest BCUT2D eigenvalue weighted by Crippen LogP contribution is 2.28. The highest BCUT2D eigenvalue weighted by atomic mass is 79.9. The van der Waals surface area contributed by atoms with Crippen LogP contribution in [0.2, 0.25) is 0 Å². The van der Waals surface area contributed by atoms with Gasteiger partial charge in [0, 0.05) is 27.6 Å². The first kappa shape index (κ1) is 8.63. The standard InChI is InChI=1S/C10H7BrFN/c1-6-4-9(12)8-5-13-3-2-7(8)10(6)11/h2-5H,1H3. The van der Waals surface area contributed by atoms with Gasteiger partial charge in [-0.25, -0.2) is 4.39 Å². The molecule has 0 aliphatic rings. The minimum absolute atomic E-state index is 0.219. The molecule has 0 atom stereocenters. The van der Waals surface area contributed by atoms with Crippen molar-refractivity contribution in [3.63, 3.8) is 0 Å². The van der Waals surface area contributed by atoms with Gasteiger partial charge in [0.1, 0.15) is 5.82 Å². The van der Waals surface area contributed by atoms with E-state index in [1.165, 1.54) is 12.3 Å². The maximum Gasteiger partial charge on any atom is 0.132 e. The Bertz CT molecular complexity index is 468. The van der Waals surface area contributed by atoms with Crippen molar-refractivity contribution in [2.75, 3.05) is 0 Å². The summed E-state index contributed by atoms with van der Waals surface area (Å²) in [6.45, 7) is 1.87. The molecule has 0 saturated heterocycles. The Morgan fingerprint density at radius 3 is 2.92 bits per heavy atom. The number of rotatable bonds is 0. The van der Waals surface area contributed by atoms with Crippen LogP contribution in [-0.4, -0.2) is 4.98 Å². The Morgan fingerprint density at radius 2 is 2.15 bits per heavy atom. The second-order valence-electron chi connectivity index (χ2n) is 2.91. The van der Waals surface area contributed by atoms with Crippen LogP contribution in [0.5, 0.6) is 0 Å². The predicted octanol–water partition coefficient (Wildman–Crippen LogP) is 3.44. The fourth-order valence-electron chi connectivity index (χ4n) is 1.32. The summed E-state index contributed by atoms with van der Waals surface area (Å²) in [4.78, 5) is 3.88. The molecule has 1 heterocycles. The van der Waals surface area contributed by atoms with Crippen LogP contribution in [0.4, 0.5) is 4.39 Å². The summed E-state index contributed by atoms with van der Waals surface area (Å²) in [6.07, 6.45) is 3.20. The van der Waals surface area contributed by atoms with Gasteiger partial charge in [-0.2, -0.15) is 0 Å². The van der Waals surface area contributed by atoms with Crippen molar-refractivity contribution in [1.29, 1.82) is 0 Å². The molecule has 0 fully saturated rings. The van der Waals surface area contributed by atoms with Crippen LogP contribution in [0, 0.1) is 12.7 Å². The number of hydrogen-bond acceptors (Lipinski definition) is 1. The smallest absolute Gasteiger partial charge is 0.132 e. The number of benzene rings is 1. The normalized spacial score (nSPS) is 10.7. The predicted molar refractivity (Wildman–Crippen MR) is 54.1 cm³/mol. The maximum atomic E-state index is 13.4. The third-order valence-corrected chi connectivity index (χ3v) is 3.06. The first-order valence-electron chi connectivity index (χ1n) is 3.88. The number of fused-ring (bicyclic) bond motifs is 1. The third-order valence-electron chi connectivity index (χ3n) is 2.00. The largest absolute Gasteiger partial charge is 0.264 e. The molecule has 66 valence electrons. The molecule has 2 aromatic rings. The summed E-state index contributed by atoms with van der Waals surface area (Å²) in [7, 11) is 0. The lowest BCUT2D eigenvalue weighted by Gasteiger charge is -2.04. The number of nitrogens with zero attached hydrogens (tertiary/aromatic N) is 1. The van der Waals surface area contributed by atoms with E-state index in [-0.39, 0.29) is 5.82 Å². The van der Waals surface area contributed by atoms with Gasteiger partial charge in [0.05, 0.1) is 0 Å². The zero-order chi connectivity index (χ0) is 9.42. The van der Waals surface area contributed by atoms with Crippen LogP contribution in [-0.2, 0) is 0 Å². The molecule has 0 aliphatic heterocycles. The van der Waals surface area contributed by atoms with E-state index in [4.69, 9.17) is 0 Å². The fourth-order valence-corrected chi connectivity index (χ4v) is 1.78. The number of aryl methyl sites for hydroxylation is 1. The maximum absolute atomic E-state index is 13.4. The Labute approximate surface area is 83.7 Å². The molecule has 0 bridgehead atoms. The van der Waals surface area contributed by atoms with Crippen LogP contribution in [0.25, 0.3) is 10.8 Å². The second kappa shape index (κ2) is 3.07. The molecule has 0 amide bonds. The van der Waals surface area contributed by atoms with Crippen molar-refractivity contribution in [3.05, 3.63) is 40.4 Å². The van der Waals surface area contributed by atoms with Crippen LogP contribution in [0.15, 0.2) is 29.0 Å². The molecule has 0 spiro atoms. The lowest BCUT2D eigenvalue weighted by atomic mass is 10.1. The summed E-state index contributed by atoms with van der Waals surface area (Å²) in [5, 5.41) is 1.42. The molecule has 0 radical (unpaired) electrons. The summed E-state index contributed by atoms with van der Waals surface area (Å²) in [5.74, 6) is -0.219. The van der Waals surface area contributed by atoms with Gasteiger partial charge in [-0.15, -0.1) is 0 Å². The first-order chi connectivity index (χ1) is 6.20. The topological polar surface area (TPSA) is 12.9 Å². The van der Waals surface area contributed by atoms with Crippen LogP contribution in [0.1, 0.15) is 5.56 Å². The number of pyridine rings is 1. The molecule has 3 heteroatoms. The number of halogens is 2.